The summed E-state index contributed by atoms with van der Waals surface area (Å²) < 4.78 is 1.93. The minimum Gasteiger partial charge on any atom is -0.323 e. The molecule has 0 radical (unpaired) electrons. The highest BCUT2D eigenvalue weighted by molar-refractivity contribution is 7.12. The Morgan fingerprint density at radius 3 is 2.76 bits per heavy atom. The van der Waals surface area contributed by atoms with E-state index in [-0.39, 0.29) is 6.04 Å². The lowest BCUT2D eigenvalue weighted by atomic mass is 10.1. The van der Waals surface area contributed by atoms with Crippen molar-refractivity contribution in [1.82, 2.24) is 14.8 Å². The summed E-state index contributed by atoms with van der Waals surface area (Å²) in [6.07, 6.45) is 2.33. The van der Waals surface area contributed by atoms with E-state index in [0.29, 0.717) is 6.04 Å². The van der Waals surface area contributed by atoms with Gasteiger partial charge in [0.15, 0.2) is 0 Å². The number of hydrogen-bond acceptors (Lipinski definition) is 4. The number of thiophene rings is 1. The second-order valence-electron chi connectivity index (χ2n) is 4.47. The monoisotopic (exact) mass is 250 g/mol. The maximum atomic E-state index is 6.20. The Balaban J connectivity index is 2.13. The van der Waals surface area contributed by atoms with Crippen molar-refractivity contribution in [3.05, 3.63) is 34.0 Å². The quantitative estimate of drug-likeness (QED) is 0.907. The van der Waals surface area contributed by atoms with E-state index < -0.39 is 0 Å². The van der Waals surface area contributed by atoms with E-state index in [1.54, 1.807) is 17.7 Å². The number of rotatable bonds is 4. The Bertz CT molecular complexity index is 486. The zero-order valence-corrected chi connectivity index (χ0v) is 11.2. The molecule has 0 bridgehead atoms. The van der Waals surface area contributed by atoms with Crippen molar-refractivity contribution in [2.24, 2.45) is 5.73 Å². The molecular formula is C12H18N4S. The van der Waals surface area contributed by atoms with Gasteiger partial charge in [-0.2, -0.15) is 5.10 Å². The zero-order valence-electron chi connectivity index (χ0n) is 10.4. The van der Waals surface area contributed by atoms with Gasteiger partial charge in [-0.3, -0.25) is 0 Å². The van der Waals surface area contributed by atoms with E-state index in [9.17, 15) is 0 Å². The SMILES string of the molecule is Cc1ccc(C(N)Cc2ncnn2C(C)C)s1. The molecule has 0 aromatic carbocycles. The summed E-state index contributed by atoms with van der Waals surface area (Å²) in [6, 6.07) is 4.54. The molecule has 0 spiro atoms. The Hall–Kier alpha value is -1.20. The first-order valence-corrected chi connectivity index (χ1v) is 6.60. The van der Waals surface area contributed by atoms with Gasteiger partial charge in [0.1, 0.15) is 12.2 Å². The van der Waals surface area contributed by atoms with Crippen molar-refractivity contribution in [3.8, 4) is 0 Å². The van der Waals surface area contributed by atoms with Crippen LogP contribution in [-0.4, -0.2) is 14.8 Å². The maximum absolute atomic E-state index is 6.20. The van der Waals surface area contributed by atoms with E-state index in [1.807, 2.05) is 4.68 Å². The molecule has 2 aromatic heterocycles. The molecule has 5 heteroatoms. The van der Waals surface area contributed by atoms with Gasteiger partial charge in [-0.05, 0) is 32.9 Å². The van der Waals surface area contributed by atoms with Crippen LogP contribution in [-0.2, 0) is 6.42 Å². The summed E-state index contributed by atoms with van der Waals surface area (Å²) in [7, 11) is 0. The second-order valence-corrected chi connectivity index (χ2v) is 5.79. The molecular weight excluding hydrogens is 232 g/mol. The summed E-state index contributed by atoms with van der Waals surface area (Å²) in [5.41, 5.74) is 6.20. The molecule has 0 saturated heterocycles. The lowest BCUT2D eigenvalue weighted by molar-refractivity contribution is 0.494. The fourth-order valence-electron chi connectivity index (χ4n) is 1.80. The van der Waals surface area contributed by atoms with Crippen molar-refractivity contribution in [2.45, 2.75) is 39.3 Å². The van der Waals surface area contributed by atoms with Crippen LogP contribution in [0.1, 0.15) is 41.5 Å². The molecule has 0 fully saturated rings. The third-order valence-corrected chi connectivity index (χ3v) is 3.80. The van der Waals surface area contributed by atoms with Crippen LogP contribution in [0.25, 0.3) is 0 Å². The van der Waals surface area contributed by atoms with Gasteiger partial charge < -0.3 is 5.73 Å². The molecule has 0 aliphatic rings. The maximum Gasteiger partial charge on any atom is 0.138 e. The lowest BCUT2D eigenvalue weighted by Gasteiger charge is -2.12. The Morgan fingerprint density at radius 1 is 1.41 bits per heavy atom. The summed E-state index contributed by atoms with van der Waals surface area (Å²) in [5.74, 6) is 0.957. The topological polar surface area (TPSA) is 56.7 Å². The minimum atomic E-state index is 0.00963. The molecule has 4 nitrogen and oxygen atoms in total. The van der Waals surface area contributed by atoms with Crippen LogP contribution in [0, 0.1) is 6.92 Å². The van der Waals surface area contributed by atoms with Gasteiger partial charge >= 0.3 is 0 Å². The average Bonchev–Trinajstić information content (AvgIpc) is 2.86. The van der Waals surface area contributed by atoms with Gasteiger partial charge in [-0.25, -0.2) is 9.67 Å². The highest BCUT2D eigenvalue weighted by Gasteiger charge is 2.14. The van der Waals surface area contributed by atoms with Gasteiger partial charge in [0.2, 0.25) is 0 Å². The summed E-state index contributed by atoms with van der Waals surface area (Å²) in [4.78, 5) is 6.79. The number of nitrogens with zero attached hydrogens (tertiary/aromatic N) is 3. The van der Waals surface area contributed by atoms with Crippen LogP contribution in [0.5, 0.6) is 0 Å². The highest BCUT2D eigenvalue weighted by Crippen LogP contribution is 2.23. The molecule has 2 N–H and O–H groups in total. The molecule has 92 valence electrons. The number of nitrogens with two attached hydrogens (primary N) is 1. The average molecular weight is 250 g/mol. The van der Waals surface area contributed by atoms with Gasteiger partial charge in [0.25, 0.3) is 0 Å². The number of hydrogen-bond donors (Lipinski definition) is 1. The van der Waals surface area contributed by atoms with Crippen LogP contribution in [0.15, 0.2) is 18.5 Å². The van der Waals surface area contributed by atoms with Gasteiger partial charge in [0.05, 0.1) is 0 Å². The number of aryl methyl sites for hydroxylation is 1. The van der Waals surface area contributed by atoms with E-state index in [4.69, 9.17) is 5.73 Å². The molecule has 2 aromatic rings. The van der Waals surface area contributed by atoms with Crippen LogP contribution >= 0.6 is 11.3 Å². The first kappa shape index (κ1) is 12.3. The standard InChI is InChI=1S/C12H18N4S/c1-8(2)16-12(14-7-15-16)6-10(13)11-5-4-9(3)17-11/h4-5,7-8,10H,6,13H2,1-3H3. The molecule has 1 atom stereocenters. The van der Waals surface area contributed by atoms with Crippen molar-refractivity contribution in [1.29, 1.82) is 0 Å². The van der Waals surface area contributed by atoms with Gasteiger partial charge in [-0.15, -0.1) is 11.3 Å². The van der Waals surface area contributed by atoms with Crippen molar-refractivity contribution < 1.29 is 0 Å². The van der Waals surface area contributed by atoms with E-state index in [2.05, 4.69) is 43.0 Å². The Morgan fingerprint density at radius 2 is 2.18 bits per heavy atom. The fourth-order valence-corrected chi connectivity index (χ4v) is 2.68. The molecule has 0 saturated carbocycles. The molecule has 0 aliphatic carbocycles. The summed E-state index contributed by atoms with van der Waals surface area (Å²) in [5, 5.41) is 4.22. The highest BCUT2D eigenvalue weighted by atomic mass is 32.1. The minimum absolute atomic E-state index is 0.00963. The predicted molar refractivity (Wildman–Crippen MR) is 70.1 cm³/mol. The second kappa shape index (κ2) is 4.98. The van der Waals surface area contributed by atoms with Gasteiger partial charge in [-0.1, -0.05) is 0 Å². The normalized spacial score (nSPS) is 13.2. The Kier molecular flexibility index (Phi) is 3.59. The van der Waals surface area contributed by atoms with E-state index in [1.165, 1.54) is 9.75 Å². The van der Waals surface area contributed by atoms with E-state index in [0.717, 1.165) is 12.2 Å². The van der Waals surface area contributed by atoms with Crippen molar-refractivity contribution in [2.75, 3.05) is 0 Å². The predicted octanol–water partition coefficient (Wildman–Crippen LogP) is 2.47. The number of aromatic nitrogens is 3. The van der Waals surface area contributed by atoms with Crippen LogP contribution in [0.4, 0.5) is 0 Å². The van der Waals surface area contributed by atoms with Crippen molar-refractivity contribution in [3.63, 3.8) is 0 Å². The van der Waals surface area contributed by atoms with Crippen LogP contribution in [0.2, 0.25) is 0 Å². The molecule has 1 unspecified atom stereocenters. The smallest absolute Gasteiger partial charge is 0.138 e. The largest absolute Gasteiger partial charge is 0.323 e. The van der Waals surface area contributed by atoms with E-state index >= 15 is 0 Å². The van der Waals surface area contributed by atoms with Crippen molar-refractivity contribution >= 4 is 11.3 Å². The zero-order chi connectivity index (χ0) is 12.4. The first-order valence-electron chi connectivity index (χ1n) is 5.78. The van der Waals surface area contributed by atoms with Crippen LogP contribution in [0.3, 0.4) is 0 Å². The fraction of sp³-hybridized carbons (Fsp3) is 0.500. The Labute approximate surface area is 105 Å². The van der Waals surface area contributed by atoms with Crippen LogP contribution < -0.4 is 5.73 Å². The lowest BCUT2D eigenvalue weighted by Crippen LogP contribution is -2.17. The molecule has 2 rings (SSSR count). The molecule has 0 amide bonds. The third-order valence-electron chi connectivity index (χ3n) is 2.67. The molecule has 2 heterocycles. The summed E-state index contributed by atoms with van der Waals surface area (Å²) >= 11 is 1.75. The first-order chi connectivity index (χ1) is 8.08. The van der Waals surface area contributed by atoms with Gasteiger partial charge in [0, 0.05) is 28.3 Å². The third kappa shape index (κ3) is 2.73. The molecule has 17 heavy (non-hydrogen) atoms. The molecule has 0 aliphatic heterocycles. The summed E-state index contributed by atoms with van der Waals surface area (Å²) in [6.45, 7) is 6.29.